The van der Waals surface area contributed by atoms with E-state index in [4.69, 9.17) is 4.74 Å². The average molecular weight is 371 g/mol. The van der Waals surface area contributed by atoms with Crippen LogP contribution >= 0.6 is 0 Å². The first-order chi connectivity index (χ1) is 13.1. The molecule has 0 bridgehead atoms. The molecule has 1 atom stereocenters. The molecule has 2 heterocycles. The molecule has 3 aliphatic rings. The summed E-state index contributed by atoms with van der Waals surface area (Å²) in [6.07, 6.45) is 4.85. The van der Waals surface area contributed by atoms with E-state index in [1.165, 1.54) is 4.90 Å². The number of nitrogens with one attached hydrogen (secondary N) is 2. The van der Waals surface area contributed by atoms with E-state index in [2.05, 4.69) is 10.6 Å². The number of rotatable bonds is 5. The number of urea groups is 1. The Morgan fingerprint density at radius 3 is 2.85 bits per heavy atom. The topological polar surface area (TPSA) is 87.7 Å². The first-order valence-electron chi connectivity index (χ1n) is 9.74. The molecule has 27 heavy (non-hydrogen) atoms. The predicted molar refractivity (Wildman–Crippen MR) is 98.1 cm³/mol. The molecule has 7 nitrogen and oxygen atoms in total. The quantitative estimate of drug-likeness (QED) is 0.778. The molecule has 0 unspecified atom stereocenters. The van der Waals surface area contributed by atoms with Gasteiger partial charge in [-0.25, -0.2) is 4.79 Å². The molecule has 7 heteroatoms. The van der Waals surface area contributed by atoms with Gasteiger partial charge in [-0.15, -0.1) is 0 Å². The lowest BCUT2D eigenvalue weighted by atomic mass is 9.98. The van der Waals surface area contributed by atoms with Crippen molar-refractivity contribution in [1.29, 1.82) is 0 Å². The summed E-state index contributed by atoms with van der Waals surface area (Å²) < 4.78 is 5.61. The minimum absolute atomic E-state index is 0.0547. The number of amides is 4. The van der Waals surface area contributed by atoms with Crippen molar-refractivity contribution in [3.63, 3.8) is 0 Å². The Bertz CT molecular complexity index is 757. The lowest BCUT2D eigenvalue weighted by Gasteiger charge is -2.26. The molecular weight excluding hydrogens is 346 g/mol. The van der Waals surface area contributed by atoms with Crippen LogP contribution < -0.4 is 15.4 Å². The number of imide groups is 1. The Labute approximate surface area is 158 Å². The van der Waals surface area contributed by atoms with Crippen LogP contribution in [0.25, 0.3) is 0 Å². The zero-order valence-electron chi connectivity index (χ0n) is 15.3. The van der Waals surface area contributed by atoms with Gasteiger partial charge >= 0.3 is 6.03 Å². The Balaban J connectivity index is 1.28. The summed E-state index contributed by atoms with van der Waals surface area (Å²) in [5, 5.41) is 5.92. The second-order valence-electron chi connectivity index (χ2n) is 7.57. The first-order valence-corrected chi connectivity index (χ1v) is 9.74. The zero-order valence-corrected chi connectivity index (χ0v) is 15.3. The van der Waals surface area contributed by atoms with Crippen LogP contribution in [0.15, 0.2) is 24.3 Å². The summed E-state index contributed by atoms with van der Waals surface area (Å²) in [5.41, 5.74) is 0.319. The van der Waals surface area contributed by atoms with Gasteiger partial charge in [-0.2, -0.15) is 0 Å². The molecular formula is C20H25N3O4. The highest BCUT2D eigenvalue weighted by Gasteiger charge is 2.52. The van der Waals surface area contributed by atoms with Gasteiger partial charge in [0.2, 0.25) is 5.91 Å². The number of nitrogens with zero attached hydrogens (tertiary/aromatic N) is 1. The summed E-state index contributed by atoms with van der Waals surface area (Å²) in [4.78, 5) is 38.4. The van der Waals surface area contributed by atoms with Crippen molar-refractivity contribution < 1.29 is 19.1 Å². The van der Waals surface area contributed by atoms with Crippen LogP contribution in [-0.4, -0.2) is 41.4 Å². The van der Waals surface area contributed by atoms with Crippen molar-refractivity contribution in [3.05, 3.63) is 29.8 Å². The fourth-order valence-electron chi connectivity index (χ4n) is 4.35. The maximum atomic E-state index is 12.6. The second-order valence-corrected chi connectivity index (χ2v) is 7.57. The Morgan fingerprint density at radius 2 is 2.04 bits per heavy atom. The molecule has 1 aromatic rings. The zero-order chi connectivity index (χ0) is 18.9. The van der Waals surface area contributed by atoms with Gasteiger partial charge in [-0.3, -0.25) is 14.5 Å². The summed E-state index contributed by atoms with van der Waals surface area (Å²) in [6, 6.07) is 7.35. The Morgan fingerprint density at radius 1 is 1.26 bits per heavy atom. The molecule has 1 aromatic carbocycles. The number of benzene rings is 1. The van der Waals surface area contributed by atoms with Crippen LogP contribution in [0.5, 0.6) is 5.75 Å². The molecule has 1 aliphatic carbocycles. The van der Waals surface area contributed by atoms with Crippen molar-refractivity contribution in [2.75, 3.05) is 13.2 Å². The summed E-state index contributed by atoms with van der Waals surface area (Å²) >= 11 is 0. The summed E-state index contributed by atoms with van der Waals surface area (Å²) in [5.74, 6) is 0.623. The van der Waals surface area contributed by atoms with E-state index in [0.717, 1.165) is 43.4 Å². The van der Waals surface area contributed by atoms with Gasteiger partial charge in [-0.05, 0) is 25.3 Å². The summed E-state index contributed by atoms with van der Waals surface area (Å²) in [7, 11) is 0. The maximum absolute atomic E-state index is 12.6. The fraction of sp³-hybridized carbons (Fsp3) is 0.550. The minimum atomic E-state index is -0.675. The number of fused-ring (bicyclic) bond motifs is 1. The van der Waals surface area contributed by atoms with E-state index in [1.54, 1.807) is 0 Å². The lowest BCUT2D eigenvalue weighted by Crippen LogP contribution is -2.44. The third-order valence-corrected chi connectivity index (χ3v) is 5.78. The van der Waals surface area contributed by atoms with Gasteiger partial charge in [0.15, 0.2) is 0 Å². The van der Waals surface area contributed by atoms with Gasteiger partial charge in [0.05, 0.1) is 12.6 Å². The van der Waals surface area contributed by atoms with Crippen LogP contribution in [0.2, 0.25) is 0 Å². The number of para-hydroxylation sites is 1. The van der Waals surface area contributed by atoms with Gasteiger partial charge in [0, 0.05) is 24.9 Å². The van der Waals surface area contributed by atoms with E-state index in [1.807, 2.05) is 24.3 Å². The van der Waals surface area contributed by atoms with Gasteiger partial charge in [0.25, 0.3) is 5.91 Å². The highest BCUT2D eigenvalue weighted by molar-refractivity contribution is 6.07. The predicted octanol–water partition coefficient (Wildman–Crippen LogP) is 2.27. The first kappa shape index (κ1) is 17.8. The van der Waals surface area contributed by atoms with Crippen molar-refractivity contribution in [2.45, 2.75) is 56.5 Å². The standard InChI is InChI=1S/C20H25N3O4/c24-17(21-15-9-13-27-16-7-2-1-6-14(15)16)8-5-12-23-18(25)20(22-19(23)26)10-3-4-11-20/h1-2,6-7,15H,3-5,8-13H2,(H,21,24)(H,22,26)/t15-/m0/s1. The SMILES string of the molecule is O=C(CCCN1C(=O)NC2(CCCC2)C1=O)N[C@H]1CCOc2ccccc21. The fourth-order valence-corrected chi connectivity index (χ4v) is 4.35. The highest BCUT2D eigenvalue weighted by Crippen LogP contribution is 2.35. The molecule has 1 spiro atoms. The molecule has 1 saturated carbocycles. The number of hydrogen-bond donors (Lipinski definition) is 2. The van der Waals surface area contributed by atoms with Crippen LogP contribution in [0.3, 0.4) is 0 Å². The highest BCUT2D eigenvalue weighted by atomic mass is 16.5. The maximum Gasteiger partial charge on any atom is 0.325 e. The minimum Gasteiger partial charge on any atom is -0.493 e. The smallest absolute Gasteiger partial charge is 0.325 e. The molecule has 0 radical (unpaired) electrons. The normalized spacial score (nSPS) is 23.1. The van der Waals surface area contributed by atoms with E-state index < -0.39 is 5.54 Å². The van der Waals surface area contributed by atoms with Crippen LogP contribution in [0, 0.1) is 0 Å². The third-order valence-electron chi connectivity index (χ3n) is 5.78. The van der Waals surface area contributed by atoms with E-state index in [-0.39, 0.29) is 36.9 Å². The van der Waals surface area contributed by atoms with Crippen molar-refractivity contribution in [1.82, 2.24) is 15.5 Å². The third kappa shape index (κ3) is 3.38. The van der Waals surface area contributed by atoms with Crippen molar-refractivity contribution >= 4 is 17.8 Å². The second kappa shape index (κ2) is 7.21. The molecule has 2 N–H and O–H groups in total. The number of hydrogen-bond acceptors (Lipinski definition) is 4. The Hall–Kier alpha value is -2.57. The van der Waals surface area contributed by atoms with Crippen molar-refractivity contribution in [2.24, 2.45) is 0 Å². The largest absolute Gasteiger partial charge is 0.493 e. The number of ether oxygens (including phenoxy) is 1. The summed E-state index contributed by atoms with van der Waals surface area (Å²) in [6.45, 7) is 0.858. The van der Waals surface area contributed by atoms with Crippen molar-refractivity contribution in [3.8, 4) is 5.75 Å². The van der Waals surface area contributed by atoms with Crippen LogP contribution in [0.1, 0.15) is 56.6 Å². The monoisotopic (exact) mass is 371 g/mol. The molecule has 2 fully saturated rings. The lowest BCUT2D eigenvalue weighted by molar-refractivity contribution is -0.131. The van der Waals surface area contributed by atoms with E-state index in [0.29, 0.717) is 13.0 Å². The molecule has 0 aromatic heterocycles. The van der Waals surface area contributed by atoms with E-state index in [9.17, 15) is 14.4 Å². The van der Waals surface area contributed by atoms with Gasteiger partial charge in [0.1, 0.15) is 11.3 Å². The Kier molecular flexibility index (Phi) is 4.76. The number of carbonyl (C=O) groups excluding carboxylic acids is 3. The molecule has 2 aliphatic heterocycles. The molecule has 1 saturated heterocycles. The van der Waals surface area contributed by atoms with Gasteiger partial charge in [-0.1, -0.05) is 31.0 Å². The van der Waals surface area contributed by atoms with Gasteiger partial charge < -0.3 is 15.4 Å². The molecule has 4 amide bonds. The van der Waals surface area contributed by atoms with Crippen LogP contribution in [0.4, 0.5) is 4.79 Å². The average Bonchev–Trinajstić information content (AvgIpc) is 3.22. The van der Waals surface area contributed by atoms with Crippen LogP contribution in [-0.2, 0) is 9.59 Å². The molecule has 144 valence electrons. The van der Waals surface area contributed by atoms with E-state index >= 15 is 0 Å². The molecule has 4 rings (SSSR count). The number of carbonyl (C=O) groups is 3.